The predicted molar refractivity (Wildman–Crippen MR) is 47.7 cm³/mol. The molecule has 0 heterocycles. The lowest BCUT2D eigenvalue weighted by molar-refractivity contribution is -0.138. The lowest BCUT2D eigenvalue weighted by Crippen LogP contribution is -1.99. The Bertz CT molecular complexity index is 251. The third-order valence-corrected chi connectivity index (χ3v) is 2.03. The molecule has 0 aromatic heterocycles. The smallest absolute Gasteiger partial charge is 0.307 e. The molecule has 1 rings (SSSR count). The van der Waals surface area contributed by atoms with Crippen LogP contribution in [0.3, 0.4) is 0 Å². The fraction of sp³-hybridized carbons (Fsp3) is 0.300. The van der Waals surface area contributed by atoms with Crippen LogP contribution in [0.4, 0.5) is 0 Å². The van der Waals surface area contributed by atoms with Gasteiger partial charge in [-0.1, -0.05) is 37.0 Å². The molecule has 1 aliphatic carbocycles. The number of carboxylic acid groups (broad SMARTS) is 1. The summed E-state index contributed by atoms with van der Waals surface area (Å²) in [4.78, 5) is 10.5. The van der Waals surface area contributed by atoms with E-state index in [1.165, 1.54) is 0 Å². The van der Waals surface area contributed by atoms with E-state index in [1.54, 1.807) is 12.2 Å². The van der Waals surface area contributed by atoms with Crippen molar-refractivity contribution in [2.24, 2.45) is 11.8 Å². The van der Waals surface area contributed by atoms with Crippen LogP contribution < -0.4 is 0 Å². The molecule has 1 aliphatic rings. The summed E-state index contributed by atoms with van der Waals surface area (Å²) < 4.78 is 0. The van der Waals surface area contributed by atoms with Crippen molar-refractivity contribution in [2.45, 2.75) is 6.42 Å². The highest BCUT2D eigenvalue weighted by Crippen LogP contribution is 2.43. The minimum Gasteiger partial charge on any atom is -0.481 e. The lowest BCUT2D eigenvalue weighted by Gasteiger charge is -1.93. The van der Waals surface area contributed by atoms with E-state index in [9.17, 15) is 4.79 Å². The Morgan fingerprint density at radius 2 is 2.17 bits per heavy atom. The molecule has 0 bridgehead atoms. The number of allylic oxidation sites excluding steroid dienone is 4. The quantitative estimate of drug-likeness (QED) is 0.645. The lowest BCUT2D eigenvalue weighted by atomic mass is 10.1. The molecule has 0 aromatic carbocycles. The summed E-state index contributed by atoms with van der Waals surface area (Å²) >= 11 is 0. The summed E-state index contributed by atoms with van der Waals surface area (Å²) in [5, 5.41) is 8.61. The standard InChI is InChI=1S/C10H12O2/c1-3-4-5-7(2)8-6-9(8)10(11)12/h3-5,8-9H,1-2,6H2,(H,11,12)/b5-4-/t8-,9+/m1/s1. The Hall–Kier alpha value is -1.31. The molecule has 2 atom stereocenters. The highest BCUT2D eigenvalue weighted by Gasteiger charge is 2.43. The van der Waals surface area contributed by atoms with Crippen LogP contribution >= 0.6 is 0 Å². The van der Waals surface area contributed by atoms with Gasteiger partial charge >= 0.3 is 5.97 Å². The van der Waals surface area contributed by atoms with E-state index in [1.807, 2.05) is 6.08 Å². The summed E-state index contributed by atoms with van der Waals surface area (Å²) in [6.07, 6.45) is 5.99. The normalized spacial score (nSPS) is 27.0. The van der Waals surface area contributed by atoms with Gasteiger partial charge in [-0.05, 0) is 12.3 Å². The fourth-order valence-electron chi connectivity index (χ4n) is 1.19. The first-order valence-electron chi connectivity index (χ1n) is 3.87. The van der Waals surface area contributed by atoms with Crippen LogP contribution in [-0.2, 0) is 4.79 Å². The number of rotatable bonds is 4. The van der Waals surface area contributed by atoms with Crippen LogP contribution in [0, 0.1) is 11.8 Å². The van der Waals surface area contributed by atoms with Gasteiger partial charge in [-0.15, -0.1) is 0 Å². The van der Waals surface area contributed by atoms with Gasteiger partial charge in [-0.2, -0.15) is 0 Å². The van der Waals surface area contributed by atoms with Gasteiger partial charge in [0.05, 0.1) is 5.92 Å². The Kier molecular flexibility index (Phi) is 2.48. The predicted octanol–water partition coefficient (Wildman–Crippen LogP) is 2.01. The highest BCUT2D eigenvalue weighted by atomic mass is 16.4. The van der Waals surface area contributed by atoms with Gasteiger partial charge in [0.25, 0.3) is 0 Å². The zero-order chi connectivity index (χ0) is 9.14. The van der Waals surface area contributed by atoms with Crippen molar-refractivity contribution in [2.75, 3.05) is 0 Å². The van der Waals surface area contributed by atoms with E-state index >= 15 is 0 Å². The van der Waals surface area contributed by atoms with Crippen LogP contribution in [-0.4, -0.2) is 11.1 Å². The number of carboxylic acids is 1. The molecule has 1 saturated carbocycles. The van der Waals surface area contributed by atoms with Gasteiger partial charge in [0.2, 0.25) is 0 Å². The molecule has 1 fully saturated rings. The summed E-state index contributed by atoms with van der Waals surface area (Å²) in [6, 6.07) is 0. The SMILES string of the molecule is C=C/C=C\C(=C)[C@H]1C[C@@H]1C(=O)O. The van der Waals surface area contributed by atoms with E-state index in [0.29, 0.717) is 0 Å². The Morgan fingerprint density at radius 1 is 1.50 bits per heavy atom. The van der Waals surface area contributed by atoms with E-state index < -0.39 is 5.97 Å². The molecule has 0 radical (unpaired) electrons. The van der Waals surface area contributed by atoms with Gasteiger partial charge in [0.15, 0.2) is 0 Å². The molecule has 0 aliphatic heterocycles. The Balaban J connectivity index is 2.43. The Labute approximate surface area is 71.9 Å². The largest absolute Gasteiger partial charge is 0.481 e. The Morgan fingerprint density at radius 3 is 2.58 bits per heavy atom. The first-order valence-corrected chi connectivity index (χ1v) is 3.87. The summed E-state index contributed by atoms with van der Waals surface area (Å²) in [6.45, 7) is 7.31. The van der Waals surface area contributed by atoms with Crippen LogP contribution in [0.1, 0.15) is 6.42 Å². The molecule has 12 heavy (non-hydrogen) atoms. The maximum Gasteiger partial charge on any atom is 0.307 e. The van der Waals surface area contributed by atoms with E-state index in [0.717, 1.165) is 12.0 Å². The van der Waals surface area contributed by atoms with Crippen molar-refractivity contribution < 1.29 is 9.90 Å². The molecule has 0 unspecified atom stereocenters. The van der Waals surface area contributed by atoms with Gasteiger partial charge in [0.1, 0.15) is 0 Å². The minimum atomic E-state index is -0.715. The van der Waals surface area contributed by atoms with Crippen LogP contribution in [0.5, 0.6) is 0 Å². The number of hydrogen-bond donors (Lipinski definition) is 1. The molecular formula is C10H12O2. The van der Waals surface area contributed by atoms with Gasteiger partial charge in [0, 0.05) is 0 Å². The zero-order valence-corrected chi connectivity index (χ0v) is 6.86. The highest BCUT2D eigenvalue weighted by molar-refractivity contribution is 5.74. The fourth-order valence-corrected chi connectivity index (χ4v) is 1.19. The third kappa shape index (κ3) is 1.84. The van der Waals surface area contributed by atoms with E-state index in [-0.39, 0.29) is 11.8 Å². The monoisotopic (exact) mass is 164 g/mol. The molecule has 0 amide bonds. The molecule has 0 aromatic rings. The first kappa shape index (κ1) is 8.78. The minimum absolute atomic E-state index is 0.152. The number of hydrogen-bond acceptors (Lipinski definition) is 1. The van der Waals surface area contributed by atoms with Crippen molar-refractivity contribution in [3.05, 3.63) is 37.0 Å². The van der Waals surface area contributed by atoms with Crippen molar-refractivity contribution in [1.29, 1.82) is 0 Å². The third-order valence-electron chi connectivity index (χ3n) is 2.03. The van der Waals surface area contributed by atoms with Crippen molar-refractivity contribution in [1.82, 2.24) is 0 Å². The topological polar surface area (TPSA) is 37.3 Å². The average molecular weight is 164 g/mol. The second-order valence-electron chi connectivity index (χ2n) is 2.96. The van der Waals surface area contributed by atoms with Gasteiger partial charge in [-0.25, -0.2) is 0 Å². The maximum absolute atomic E-state index is 10.5. The second kappa shape index (κ2) is 3.39. The van der Waals surface area contributed by atoms with E-state index in [2.05, 4.69) is 13.2 Å². The van der Waals surface area contributed by atoms with Crippen LogP contribution in [0.25, 0.3) is 0 Å². The maximum atomic E-state index is 10.5. The number of aliphatic carboxylic acids is 1. The summed E-state index contributed by atoms with van der Waals surface area (Å²) in [7, 11) is 0. The number of carbonyl (C=O) groups is 1. The van der Waals surface area contributed by atoms with E-state index in [4.69, 9.17) is 5.11 Å². The van der Waals surface area contributed by atoms with Crippen molar-refractivity contribution in [3.63, 3.8) is 0 Å². The molecule has 64 valence electrons. The van der Waals surface area contributed by atoms with Crippen LogP contribution in [0.15, 0.2) is 37.0 Å². The molecular weight excluding hydrogens is 152 g/mol. The van der Waals surface area contributed by atoms with Gasteiger partial charge < -0.3 is 5.11 Å². The van der Waals surface area contributed by atoms with Crippen molar-refractivity contribution >= 4 is 5.97 Å². The van der Waals surface area contributed by atoms with Crippen molar-refractivity contribution in [3.8, 4) is 0 Å². The summed E-state index contributed by atoms with van der Waals surface area (Å²) in [5.41, 5.74) is 0.891. The first-order chi connectivity index (χ1) is 5.66. The molecule has 2 heteroatoms. The average Bonchev–Trinajstić information content (AvgIpc) is 2.78. The van der Waals surface area contributed by atoms with Crippen LogP contribution in [0.2, 0.25) is 0 Å². The van der Waals surface area contributed by atoms with Gasteiger partial charge in [-0.3, -0.25) is 4.79 Å². The molecule has 2 nitrogen and oxygen atoms in total. The zero-order valence-electron chi connectivity index (χ0n) is 6.86. The molecule has 1 N–H and O–H groups in total. The molecule has 0 saturated heterocycles. The second-order valence-corrected chi connectivity index (χ2v) is 2.96. The molecule has 0 spiro atoms. The summed E-state index contributed by atoms with van der Waals surface area (Å²) in [5.74, 6) is -0.765.